The quantitative estimate of drug-likeness (QED) is 0.737. The van der Waals surface area contributed by atoms with Crippen molar-refractivity contribution in [2.45, 2.75) is 32.5 Å². The van der Waals surface area contributed by atoms with E-state index in [1.807, 2.05) is 0 Å². The Hall–Kier alpha value is -2.01. The van der Waals surface area contributed by atoms with Crippen LogP contribution in [0.1, 0.15) is 37.3 Å². The van der Waals surface area contributed by atoms with E-state index >= 15 is 0 Å². The maximum Gasteiger partial charge on any atom is 0.508 e. The Morgan fingerprint density at radius 3 is 2.27 bits per heavy atom. The first-order valence-corrected chi connectivity index (χ1v) is 7.18. The van der Waals surface area contributed by atoms with Crippen LogP contribution in [-0.4, -0.2) is 64.7 Å². The van der Waals surface area contributed by atoms with E-state index in [1.165, 1.54) is 20.8 Å². The summed E-state index contributed by atoms with van der Waals surface area (Å²) in [4.78, 5) is 15.3. The molecule has 1 aliphatic rings. The van der Waals surface area contributed by atoms with Gasteiger partial charge in [-0.25, -0.2) is 9.78 Å². The third kappa shape index (κ3) is 5.24. The first-order valence-electron chi connectivity index (χ1n) is 11.2. The van der Waals surface area contributed by atoms with Crippen LogP contribution in [0.15, 0.2) is 12.1 Å². The molecule has 2 N–H and O–H groups in total. The van der Waals surface area contributed by atoms with Gasteiger partial charge in [0, 0.05) is 26.0 Å². The third-order valence-corrected chi connectivity index (χ3v) is 2.78. The SMILES string of the molecule is [2H]C1([2H])N(C(=O)OC(C)(C)C)C([2H])([2H])C([2H])([2H])N(c2cc(C(F)(F)F)cc(B(O)O)n2)C1([2H])[2H]. The van der Waals surface area contributed by atoms with E-state index in [0.717, 1.165) is 0 Å². The Balaban J connectivity index is 2.84. The van der Waals surface area contributed by atoms with E-state index in [2.05, 4.69) is 4.98 Å². The van der Waals surface area contributed by atoms with E-state index in [4.69, 9.17) is 15.7 Å². The second-order valence-corrected chi connectivity index (χ2v) is 6.11. The number of alkyl halides is 3. The van der Waals surface area contributed by atoms with Gasteiger partial charge in [0.05, 0.1) is 22.1 Å². The molecular weight excluding hydrogens is 354 g/mol. The molecule has 0 radical (unpaired) electrons. The summed E-state index contributed by atoms with van der Waals surface area (Å²) in [5, 5.41) is 18.7. The highest BCUT2D eigenvalue weighted by Gasteiger charge is 2.34. The van der Waals surface area contributed by atoms with Gasteiger partial charge in [0.25, 0.3) is 0 Å². The molecule has 1 fully saturated rings. The van der Waals surface area contributed by atoms with E-state index in [9.17, 15) is 28.0 Å². The molecule has 1 aromatic heterocycles. The van der Waals surface area contributed by atoms with Crippen molar-refractivity contribution in [3.63, 3.8) is 0 Å². The molecule has 0 atom stereocenters. The van der Waals surface area contributed by atoms with Crippen molar-refractivity contribution in [1.82, 2.24) is 9.88 Å². The number of anilines is 1. The van der Waals surface area contributed by atoms with Gasteiger partial charge in [-0.2, -0.15) is 13.2 Å². The lowest BCUT2D eigenvalue weighted by Crippen LogP contribution is -2.50. The summed E-state index contributed by atoms with van der Waals surface area (Å²) >= 11 is 0. The number of halogens is 3. The van der Waals surface area contributed by atoms with Crippen LogP contribution >= 0.6 is 0 Å². The minimum absolute atomic E-state index is 0.0941. The second kappa shape index (κ2) is 7.32. The molecule has 0 bridgehead atoms. The normalized spacial score (nSPS) is 28.2. The fraction of sp³-hybridized carbons (Fsp3) is 0.600. The Morgan fingerprint density at radius 2 is 1.81 bits per heavy atom. The van der Waals surface area contributed by atoms with E-state index in [-0.39, 0.29) is 17.0 Å². The maximum absolute atomic E-state index is 13.4. The van der Waals surface area contributed by atoms with Gasteiger partial charge in [-0.3, -0.25) is 0 Å². The minimum Gasteiger partial charge on any atom is -0.444 e. The topological polar surface area (TPSA) is 86.1 Å². The van der Waals surface area contributed by atoms with Crippen molar-refractivity contribution in [2.24, 2.45) is 0 Å². The molecule has 1 saturated heterocycles. The molecule has 0 aliphatic carbocycles. The Bertz CT molecular complexity index is 947. The number of pyridine rings is 1. The lowest BCUT2D eigenvalue weighted by atomic mass is 9.84. The highest BCUT2D eigenvalue weighted by molar-refractivity contribution is 6.57. The third-order valence-electron chi connectivity index (χ3n) is 2.78. The summed E-state index contributed by atoms with van der Waals surface area (Å²) in [5.41, 5.74) is -4.04. The van der Waals surface area contributed by atoms with Crippen LogP contribution in [0, 0.1) is 0 Å². The van der Waals surface area contributed by atoms with Gasteiger partial charge in [0.2, 0.25) is 0 Å². The molecule has 0 saturated carbocycles. The van der Waals surface area contributed by atoms with E-state index in [0.29, 0.717) is 0 Å². The lowest BCUT2D eigenvalue weighted by molar-refractivity contribution is -0.137. The smallest absolute Gasteiger partial charge is 0.444 e. The zero-order valence-corrected chi connectivity index (χ0v) is 13.9. The predicted octanol–water partition coefficient (Wildman–Crippen LogP) is 0.837. The van der Waals surface area contributed by atoms with Crippen molar-refractivity contribution in [3.8, 4) is 0 Å². The van der Waals surface area contributed by atoms with E-state index in [1.54, 1.807) is 0 Å². The van der Waals surface area contributed by atoms with Crippen LogP contribution in [0.2, 0.25) is 0 Å². The molecule has 1 aromatic rings. The van der Waals surface area contributed by atoms with Crippen molar-refractivity contribution >= 4 is 24.6 Å². The van der Waals surface area contributed by atoms with Gasteiger partial charge in [-0.05, 0) is 32.9 Å². The van der Waals surface area contributed by atoms with Crippen molar-refractivity contribution in [3.05, 3.63) is 17.7 Å². The number of aromatic nitrogens is 1. The van der Waals surface area contributed by atoms with Crippen LogP contribution < -0.4 is 10.5 Å². The molecule has 11 heteroatoms. The number of carbonyl (C=O) groups is 1. The highest BCUT2D eigenvalue weighted by Crippen LogP contribution is 2.30. The molecule has 7 nitrogen and oxygen atoms in total. The number of hydrogen-bond acceptors (Lipinski definition) is 6. The van der Waals surface area contributed by atoms with Crippen LogP contribution in [-0.2, 0) is 10.9 Å². The first-order chi connectivity index (χ1) is 14.9. The van der Waals surface area contributed by atoms with Crippen LogP contribution in [0.3, 0.4) is 0 Å². The van der Waals surface area contributed by atoms with Crippen molar-refractivity contribution in [2.75, 3.05) is 30.9 Å². The van der Waals surface area contributed by atoms with Gasteiger partial charge in [-0.1, -0.05) is 0 Å². The van der Waals surface area contributed by atoms with Gasteiger partial charge in [0.15, 0.2) is 0 Å². The maximum atomic E-state index is 13.4. The summed E-state index contributed by atoms with van der Waals surface area (Å²) < 4.78 is 111. The van der Waals surface area contributed by atoms with Crippen LogP contribution in [0.5, 0.6) is 0 Å². The zero-order chi connectivity index (χ0) is 26.9. The van der Waals surface area contributed by atoms with Crippen LogP contribution in [0.4, 0.5) is 23.8 Å². The van der Waals surface area contributed by atoms with Crippen LogP contribution in [0.25, 0.3) is 0 Å². The molecule has 26 heavy (non-hydrogen) atoms. The second-order valence-electron chi connectivity index (χ2n) is 6.11. The highest BCUT2D eigenvalue weighted by atomic mass is 19.4. The number of amides is 1. The Labute approximate surface area is 160 Å². The molecule has 144 valence electrons. The monoisotopic (exact) mass is 383 g/mol. The van der Waals surface area contributed by atoms with Gasteiger partial charge >= 0.3 is 19.4 Å². The summed E-state index contributed by atoms with van der Waals surface area (Å²) in [6.07, 6.45) is -6.92. The largest absolute Gasteiger partial charge is 0.508 e. The molecule has 0 aromatic carbocycles. The lowest BCUT2D eigenvalue weighted by Gasteiger charge is -2.36. The van der Waals surface area contributed by atoms with Crippen molar-refractivity contribution < 1.29 is 43.7 Å². The summed E-state index contributed by atoms with van der Waals surface area (Å²) in [6, 6.07) is 0.288. The average molecular weight is 383 g/mol. The fourth-order valence-electron chi connectivity index (χ4n) is 1.72. The molecule has 0 spiro atoms. The zero-order valence-electron chi connectivity index (χ0n) is 21.9. The Kier molecular flexibility index (Phi) is 3.28. The van der Waals surface area contributed by atoms with E-state index < -0.39 is 72.9 Å². The number of nitrogens with zero attached hydrogens (tertiary/aromatic N) is 3. The molecule has 1 amide bonds. The molecule has 2 rings (SSSR count). The number of piperazine rings is 1. The minimum atomic E-state index is -5.16. The Morgan fingerprint density at radius 1 is 1.23 bits per heavy atom. The standard InChI is InChI=1S/C15H21BF3N3O4/c1-14(2,3)26-13(23)22-6-4-21(5-7-22)12-9-10(15(17,18)19)8-11(20-12)16(24)25/h8-9,24-25H,4-7H2,1-3H3/i4D2,5D2,6D2,7D2. The summed E-state index contributed by atoms with van der Waals surface area (Å²) in [5.74, 6) is -1.30. The number of rotatable bonds is 2. The molecule has 1 aliphatic heterocycles. The first kappa shape index (κ1) is 11.7. The fourth-order valence-corrected chi connectivity index (χ4v) is 1.72. The molecular formula is C15H21BF3N3O4. The van der Waals surface area contributed by atoms with Gasteiger partial charge in [-0.15, -0.1) is 0 Å². The average Bonchev–Trinajstić information content (AvgIpc) is 2.56. The number of hydrogen-bond donors (Lipinski definition) is 2. The van der Waals surface area contributed by atoms with Gasteiger partial charge < -0.3 is 24.6 Å². The summed E-state index contributed by atoms with van der Waals surface area (Å²) in [6.45, 7) is -11.0. The molecule has 2 heterocycles. The number of ether oxygens (including phenoxy) is 1. The number of carbonyl (C=O) groups excluding carboxylic acids is 1. The predicted molar refractivity (Wildman–Crippen MR) is 89.1 cm³/mol. The van der Waals surface area contributed by atoms with Gasteiger partial charge in [0.1, 0.15) is 11.4 Å². The molecule has 0 unspecified atom stereocenters. The van der Waals surface area contributed by atoms with Crippen molar-refractivity contribution in [1.29, 1.82) is 0 Å². The summed E-state index contributed by atoms with van der Waals surface area (Å²) in [7, 11) is -2.62.